The van der Waals surface area contributed by atoms with Crippen LogP contribution in [-0.2, 0) is 9.53 Å². The molecule has 0 bridgehead atoms. The monoisotopic (exact) mass is 516 g/mol. The predicted octanol–water partition coefficient (Wildman–Crippen LogP) is 6.04. The molecule has 0 unspecified atom stereocenters. The maximum Gasteiger partial charge on any atom is 0.337 e. The fraction of sp³-hybridized carbons (Fsp3) is 0.292. The van der Waals surface area contributed by atoms with Crippen LogP contribution in [0.5, 0.6) is 5.75 Å². The lowest BCUT2D eigenvalue weighted by molar-refractivity contribution is -0.122. The number of thioether (sulfide) groups is 1. The minimum atomic E-state index is -0.428. The largest absolute Gasteiger partial charge is 0.492 e. The Morgan fingerprint density at radius 1 is 1.22 bits per heavy atom. The summed E-state index contributed by atoms with van der Waals surface area (Å²) in [5.41, 5.74) is 1.88. The van der Waals surface area contributed by atoms with E-state index in [0.29, 0.717) is 34.5 Å². The first-order chi connectivity index (χ1) is 15.5. The highest BCUT2D eigenvalue weighted by molar-refractivity contribution is 9.10. The van der Waals surface area contributed by atoms with Crippen LogP contribution in [0.3, 0.4) is 0 Å². The van der Waals surface area contributed by atoms with Crippen molar-refractivity contribution in [3.8, 4) is 5.75 Å². The third kappa shape index (κ3) is 5.81. The number of amidine groups is 1. The third-order valence-corrected chi connectivity index (χ3v) is 6.33. The minimum absolute atomic E-state index is 0.0974. The summed E-state index contributed by atoms with van der Waals surface area (Å²) in [5, 5.41) is 0.573. The first kappa shape index (κ1) is 24.1. The Morgan fingerprint density at radius 3 is 2.72 bits per heavy atom. The molecule has 0 saturated carbocycles. The highest BCUT2D eigenvalue weighted by Gasteiger charge is 2.32. The second-order valence-electron chi connectivity index (χ2n) is 6.99. The van der Waals surface area contributed by atoms with Crippen molar-refractivity contribution < 1.29 is 19.1 Å². The van der Waals surface area contributed by atoms with E-state index in [-0.39, 0.29) is 5.91 Å². The molecule has 1 heterocycles. The number of benzene rings is 2. The van der Waals surface area contributed by atoms with Crippen molar-refractivity contribution in [2.24, 2.45) is 4.99 Å². The highest BCUT2D eigenvalue weighted by atomic mass is 79.9. The molecule has 8 heteroatoms. The zero-order chi connectivity index (χ0) is 23.1. The lowest BCUT2D eigenvalue weighted by Crippen LogP contribution is -2.28. The van der Waals surface area contributed by atoms with Gasteiger partial charge in [0.05, 0.1) is 34.3 Å². The lowest BCUT2D eigenvalue weighted by Gasteiger charge is -2.12. The third-order valence-electron chi connectivity index (χ3n) is 4.71. The normalized spacial score (nSPS) is 16.1. The smallest absolute Gasteiger partial charge is 0.337 e. The molecule has 1 fully saturated rings. The van der Waals surface area contributed by atoms with Crippen molar-refractivity contribution in [2.75, 3.05) is 20.3 Å². The molecule has 1 aliphatic rings. The second-order valence-corrected chi connectivity index (χ2v) is 8.85. The molecule has 0 radical (unpaired) electrons. The van der Waals surface area contributed by atoms with E-state index in [1.165, 1.54) is 18.9 Å². The van der Waals surface area contributed by atoms with Crippen molar-refractivity contribution >= 4 is 56.5 Å². The standard InChI is InChI=1S/C24H25BrN2O4S/c1-4-6-12-31-20-11-10-16(13-19(20)25)14-21-22(28)27(5-2)24(32-21)26-18-9-7-8-17(15-18)23(29)30-3/h7-11,13-15H,4-6,12H2,1-3H3. The number of methoxy groups -OCH3 is 1. The van der Waals surface area contributed by atoms with Crippen LogP contribution in [0.1, 0.15) is 42.6 Å². The molecule has 6 nitrogen and oxygen atoms in total. The number of amides is 1. The number of unbranched alkanes of at least 4 members (excludes halogenated alkanes) is 1. The van der Waals surface area contributed by atoms with Gasteiger partial charge < -0.3 is 9.47 Å². The van der Waals surface area contributed by atoms with Gasteiger partial charge >= 0.3 is 5.97 Å². The summed E-state index contributed by atoms with van der Waals surface area (Å²) in [4.78, 5) is 31.5. The summed E-state index contributed by atoms with van der Waals surface area (Å²) in [6.07, 6.45) is 3.93. The summed E-state index contributed by atoms with van der Waals surface area (Å²) >= 11 is 4.86. The minimum Gasteiger partial charge on any atom is -0.492 e. The van der Waals surface area contributed by atoms with Crippen molar-refractivity contribution in [3.63, 3.8) is 0 Å². The van der Waals surface area contributed by atoms with E-state index in [9.17, 15) is 9.59 Å². The quantitative estimate of drug-likeness (QED) is 0.243. The van der Waals surface area contributed by atoms with Crippen molar-refractivity contribution in [3.05, 3.63) is 63.0 Å². The summed E-state index contributed by atoms with van der Waals surface area (Å²) in [5.74, 6) is 0.261. The van der Waals surface area contributed by atoms with E-state index in [0.717, 1.165) is 28.6 Å². The lowest BCUT2D eigenvalue weighted by atomic mass is 10.2. The molecule has 2 aromatic carbocycles. The van der Waals surface area contributed by atoms with Gasteiger partial charge in [0.25, 0.3) is 5.91 Å². The number of carbonyl (C=O) groups excluding carboxylic acids is 2. The Hall–Kier alpha value is -2.58. The Bertz CT molecular complexity index is 1070. The topological polar surface area (TPSA) is 68.2 Å². The number of nitrogens with zero attached hydrogens (tertiary/aromatic N) is 2. The van der Waals surface area contributed by atoms with Gasteiger partial charge in [0.15, 0.2) is 5.17 Å². The number of hydrogen-bond acceptors (Lipinski definition) is 6. The van der Waals surface area contributed by atoms with Gasteiger partial charge in [0, 0.05) is 6.54 Å². The number of carbonyl (C=O) groups is 2. The van der Waals surface area contributed by atoms with Crippen molar-refractivity contribution in [2.45, 2.75) is 26.7 Å². The van der Waals surface area contributed by atoms with Gasteiger partial charge in [-0.05, 0) is 83.0 Å². The average molecular weight is 517 g/mol. The van der Waals surface area contributed by atoms with Crippen molar-refractivity contribution in [1.29, 1.82) is 0 Å². The SMILES string of the molecule is CCCCOc1ccc(C=C2SC(=Nc3cccc(C(=O)OC)c3)N(CC)C2=O)cc1Br. The van der Waals surface area contributed by atoms with Gasteiger partial charge in [0.2, 0.25) is 0 Å². The number of likely N-dealkylation sites (N-methyl/N-ethyl adjacent to an activating group) is 1. The zero-order valence-electron chi connectivity index (χ0n) is 18.3. The zero-order valence-corrected chi connectivity index (χ0v) is 20.7. The predicted molar refractivity (Wildman–Crippen MR) is 132 cm³/mol. The number of ether oxygens (including phenoxy) is 2. The van der Waals surface area contributed by atoms with Gasteiger partial charge in [0.1, 0.15) is 5.75 Å². The summed E-state index contributed by atoms with van der Waals surface area (Å²) in [6.45, 7) is 5.19. The van der Waals surface area contributed by atoms with Gasteiger partial charge in [-0.1, -0.05) is 25.5 Å². The van der Waals surface area contributed by atoms with E-state index in [4.69, 9.17) is 9.47 Å². The number of esters is 1. The Morgan fingerprint density at radius 2 is 2.03 bits per heavy atom. The highest BCUT2D eigenvalue weighted by Crippen LogP contribution is 2.35. The maximum absolute atomic E-state index is 12.9. The molecular weight excluding hydrogens is 492 g/mol. The van der Waals surface area contributed by atoms with Crippen LogP contribution in [0.4, 0.5) is 5.69 Å². The number of rotatable bonds is 8. The number of halogens is 1. The van der Waals surface area contributed by atoms with Crippen LogP contribution in [0.2, 0.25) is 0 Å². The molecule has 0 atom stereocenters. The number of hydrogen-bond donors (Lipinski definition) is 0. The van der Waals surface area contributed by atoms with Crippen LogP contribution in [0.15, 0.2) is 56.8 Å². The Kier molecular flexibility index (Phi) is 8.53. The molecule has 1 amide bonds. The van der Waals surface area contributed by atoms with Gasteiger partial charge in [-0.3, -0.25) is 9.69 Å². The van der Waals surface area contributed by atoms with Crippen LogP contribution < -0.4 is 4.74 Å². The fourth-order valence-corrected chi connectivity index (χ4v) is 4.58. The first-order valence-corrected chi connectivity index (χ1v) is 12.0. The first-order valence-electron chi connectivity index (χ1n) is 10.4. The van der Waals surface area contributed by atoms with E-state index < -0.39 is 5.97 Å². The molecule has 168 valence electrons. The number of aliphatic imine (C=N–C) groups is 1. The molecule has 0 aliphatic carbocycles. The van der Waals surface area contributed by atoms with Gasteiger partial charge in [-0.25, -0.2) is 9.79 Å². The summed E-state index contributed by atoms with van der Waals surface area (Å²) < 4.78 is 11.4. The van der Waals surface area contributed by atoms with Crippen molar-refractivity contribution in [1.82, 2.24) is 4.90 Å². The molecule has 2 aromatic rings. The van der Waals surface area contributed by atoms with Crippen LogP contribution in [0, 0.1) is 0 Å². The van der Waals surface area contributed by atoms with E-state index in [2.05, 4.69) is 27.8 Å². The molecule has 1 saturated heterocycles. The maximum atomic E-state index is 12.9. The van der Waals surface area contributed by atoms with Crippen LogP contribution in [0.25, 0.3) is 6.08 Å². The summed E-state index contributed by atoms with van der Waals surface area (Å²) in [7, 11) is 1.34. The van der Waals surface area contributed by atoms with E-state index in [1.807, 2.05) is 31.2 Å². The molecule has 3 rings (SSSR count). The molecule has 32 heavy (non-hydrogen) atoms. The van der Waals surface area contributed by atoms with Crippen LogP contribution >= 0.6 is 27.7 Å². The molecule has 0 spiro atoms. The Labute approximate surface area is 200 Å². The van der Waals surface area contributed by atoms with Crippen LogP contribution in [-0.4, -0.2) is 42.2 Å². The van der Waals surface area contributed by atoms with E-state index >= 15 is 0 Å². The summed E-state index contributed by atoms with van der Waals surface area (Å²) in [6, 6.07) is 12.6. The molecule has 1 aliphatic heterocycles. The van der Waals surface area contributed by atoms with Gasteiger partial charge in [-0.15, -0.1) is 0 Å². The second kappa shape index (κ2) is 11.3. The molecule has 0 aromatic heterocycles. The molecular formula is C24H25BrN2O4S. The molecule has 0 N–H and O–H groups in total. The average Bonchev–Trinajstić information content (AvgIpc) is 3.08. The Balaban J connectivity index is 1.84. The van der Waals surface area contributed by atoms with Gasteiger partial charge in [-0.2, -0.15) is 0 Å². The fourth-order valence-electron chi connectivity index (χ4n) is 3.00. The van der Waals surface area contributed by atoms with E-state index in [1.54, 1.807) is 29.2 Å².